The van der Waals surface area contributed by atoms with Crippen LogP contribution in [0, 0.1) is 24.0 Å². The lowest BCUT2D eigenvalue weighted by Gasteiger charge is -2.29. The molecule has 0 aliphatic carbocycles. The number of rotatable bonds is 8. The van der Waals surface area contributed by atoms with Gasteiger partial charge in [-0.15, -0.1) is 0 Å². The summed E-state index contributed by atoms with van der Waals surface area (Å²) in [4.78, 5) is 45.9. The van der Waals surface area contributed by atoms with Crippen LogP contribution in [-0.4, -0.2) is 40.5 Å². The number of carbonyl (C=O) groups is 1. The monoisotopic (exact) mass is 600 g/mol. The van der Waals surface area contributed by atoms with Gasteiger partial charge in [0.25, 0.3) is 17.2 Å². The Morgan fingerprint density at radius 3 is 2.56 bits per heavy atom. The topological polar surface area (TPSA) is 120 Å². The Labute approximate surface area is 252 Å². The number of furan rings is 1. The average Bonchev–Trinajstić information content (AvgIpc) is 3.58. The number of likely N-dealkylation sites (N-methyl/N-ethyl adjacent to an activating group) is 1. The van der Waals surface area contributed by atoms with Crippen LogP contribution in [0.2, 0.25) is 0 Å². The minimum Gasteiger partial charge on any atom is -0.496 e. The normalized spacial score (nSPS) is 14.8. The molecule has 43 heavy (non-hydrogen) atoms. The van der Waals surface area contributed by atoms with E-state index in [1.54, 1.807) is 48.6 Å². The van der Waals surface area contributed by atoms with Gasteiger partial charge in [0.2, 0.25) is 0 Å². The molecule has 0 saturated heterocycles. The fraction of sp³-hybridized carbons (Fsp3) is 0.281. The van der Waals surface area contributed by atoms with Gasteiger partial charge in [0.1, 0.15) is 23.3 Å². The van der Waals surface area contributed by atoms with Gasteiger partial charge < -0.3 is 14.1 Å². The number of thiazole rings is 1. The molecule has 0 bridgehead atoms. The minimum atomic E-state index is -0.745. The zero-order valence-electron chi connectivity index (χ0n) is 24.8. The predicted octanol–water partition coefficient (Wildman–Crippen LogP) is 4.90. The molecule has 0 N–H and O–H groups in total. The van der Waals surface area contributed by atoms with E-state index in [0.717, 1.165) is 5.56 Å². The summed E-state index contributed by atoms with van der Waals surface area (Å²) in [6, 6.07) is 13.4. The molecule has 1 aliphatic heterocycles. The number of hydrogen-bond acceptors (Lipinski definition) is 8. The number of methoxy groups -OCH3 is 1. The van der Waals surface area contributed by atoms with Crippen molar-refractivity contribution in [3.8, 4) is 17.1 Å². The van der Waals surface area contributed by atoms with Gasteiger partial charge >= 0.3 is 0 Å². The number of fused-ring (bicyclic) bond motifs is 1. The third-order valence-electron chi connectivity index (χ3n) is 7.76. The molecule has 1 atom stereocenters. The van der Waals surface area contributed by atoms with Crippen LogP contribution < -0.4 is 19.6 Å². The van der Waals surface area contributed by atoms with Gasteiger partial charge in [-0.25, -0.2) is 4.99 Å². The summed E-state index contributed by atoms with van der Waals surface area (Å²) in [6.45, 7) is 10.2. The van der Waals surface area contributed by atoms with Gasteiger partial charge in [-0.05, 0) is 64.4 Å². The SMILES string of the molecule is CCN(CC)C(=O)C1=C(C)N=c2s/c(=C/c3ccc(-c4cc(C)c(C)c([N+](=O)[O-])c4)o3)c(=O)n2[C@@H]1c1ccccc1OC. The number of nitrogens with zero attached hydrogens (tertiary/aromatic N) is 4. The van der Waals surface area contributed by atoms with Crippen molar-refractivity contribution in [3.05, 3.63) is 112 Å². The predicted molar refractivity (Wildman–Crippen MR) is 165 cm³/mol. The third kappa shape index (κ3) is 5.32. The average molecular weight is 601 g/mol. The number of carbonyl (C=O) groups excluding carboxylic acids is 1. The molecule has 11 heteroatoms. The molecule has 2 aromatic heterocycles. The van der Waals surface area contributed by atoms with E-state index in [2.05, 4.69) is 0 Å². The van der Waals surface area contributed by atoms with Crippen molar-refractivity contribution in [1.82, 2.24) is 9.47 Å². The van der Waals surface area contributed by atoms with Crippen LogP contribution in [0.4, 0.5) is 5.69 Å². The van der Waals surface area contributed by atoms with Crippen LogP contribution in [0.15, 0.2) is 74.0 Å². The second-order valence-corrected chi connectivity index (χ2v) is 11.2. The van der Waals surface area contributed by atoms with Crippen LogP contribution in [-0.2, 0) is 4.79 Å². The molecule has 0 spiro atoms. The Bertz CT molecular complexity index is 1960. The van der Waals surface area contributed by atoms with E-state index in [4.69, 9.17) is 14.1 Å². The fourth-order valence-corrected chi connectivity index (χ4v) is 6.38. The van der Waals surface area contributed by atoms with Gasteiger partial charge in [0, 0.05) is 41.9 Å². The number of allylic oxidation sites excluding steroid dienone is 1. The summed E-state index contributed by atoms with van der Waals surface area (Å²) in [5.41, 5.74) is 3.28. The number of nitro groups is 1. The maximum atomic E-state index is 14.0. The Morgan fingerprint density at radius 1 is 1.16 bits per heavy atom. The van der Waals surface area contributed by atoms with Crippen LogP contribution in [0.25, 0.3) is 17.4 Å². The van der Waals surface area contributed by atoms with Crippen LogP contribution in [0.5, 0.6) is 5.75 Å². The largest absolute Gasteiger partial charge is 0.496 e. The van der Waals surface area contributed by atoms with Gasteiger partial charge in [0.15, 0.2) is 4.80 Å². The Kier molecular flexibility index (Phi) is 8.19. The molecule has 3 heterocycles. The number of ether oxygens (including phenoxy) is 1. The standard InChI is InChI=1S/C32H32N4O6S/c1-7-34(8-2)31(38)28-20(5)33-32-35(29(28)23-11-9-10-12-26(23)41-6)30(37)27(43-32)17-22-13-14-25(42-22)21-15-18(3)19(4)24(16-21)36(39)40/h9-17,29H,7-8H2,1-6H3/b27-17+/t29-/m1/s1. The van der Waals surface area contributed by atoms with Crippen LogP contribution in [0.3, 0.4) is 0 Å². The lowest BCUT2D eigenvalue weighted by molar-refractivity contribution is -0.385. The quantitative estimate of drug-likeness (QED) is 0.210. The number of para-hydroxylation sites is 1. The highest BCUT2D eigenvalue weighted by molar-refractivity contribution is 7.07. The number of benzene rings is 2. The first-order valence-corrected chi connectivity index (χ1v) is 14.7. The highest BCUT2D eigenvalue weighted by Crippen LogP contribution is 2.36. The van der Waals surface area contributed by atoms with Gasteiger partial charge in [-0.2, -0.15) is 0 Å². The van der Waals surface area contributed by atoms with E-state index in [0.29, 0.717) is 67.7 Å². The fourth-order valence-electron chi connectivity index (χ4n) is 5.35. The molecular weight excluding hydrogens is 568 g/mol. The summed E-state index contributed by atoms with van der Waals surface area (Å²) < 4.78 is 13.6. The molecular formula is C32H32N4O6S. The molecule has 222 valence electrons. The summed E-state index contributed by atoms with van der Waals surface area (Å²) in [5.74, 6) is 1.22. The third-order valence-corrected chi connectivity index (χ3v) is 8.74. The summed E-state index contributed by atoms with van der Waals surface area (Å²) in [5, 5.41) is 11.6. The zero-order chi connectivity index (χ0) is 31.0. The number of aromatic nitrogens is 1. The second kappa shape index (κ2) is 11.8. The smallest absolute Gasteiger partial charge is 0.273 e. The first kappa shape index (κ1) is 29.7. The van der Waals surface area contributed by atoms with Crippen molar-refractivity contribution >= 4 is 29.0 Å². The molecule has 1 amide bonds. The van der Waals surface area contributed by atoms with E-state index >= 15 is 0 Å². The van der Waals surface area contributed by atoms with Crippen molar-refractivity contribution in [3.63, 3.8) is 0 Å². The van der Waals surface area contributed by atoms with Crippen LogP contribution >= 0.6 is 11.3 Å². The first-order valence-electron chi connectivity index (χ1n) is 13.9. The Balaban J connectivity index is 1.66. The highest BCUT2D eigenvalue weighted by Gasteiger charge is 2.35. The van der Waals surface area contributed by atoms with E-state index in [1.165, 1.54) is 17.4 Å². The second-order valence-electron chi connectivity index (χ2n) is 10.2. The molecule has 0 fully saturated rings. The summed E-state index contributed by atoms with van der Waals surface area (Å²) >= 11 is 1.20. The van der Waals surface area contributed by atoms with Crippen molar-refractivity contribution in [2.45, 2.75) is 40.7 Å². The molecule has 2 aromatic carbocycles. The van der Waals surface area contributed by atoms with E-state index in [-0.39, 0.29) is 17.2 Å². The Hall–Kier alpha value is -4.77. The lowest BCUT2D eigenvalue weighted by Crippen LogP contribution is -2.43. The molecule has 0 radical (unpaired) electrons. The van der Waals surface area contributed by atoms with Crippen molar-refractivity contribution in [2.24, 2.45) is 4.99 Å². The van der Waals surface area contributed by atoms with Crippen molar-refractivity contribution in [1.29, 1.82) is 0 Å². The Morgan fingerprint density at radius 2 is 1.88 bits per heavy atom. The molecule has 5 rings (SSSR count). The molecule has 0 saturated carbocycles. The van der Waals surface area contributed by atoms with Crippen molar-refractivity contribution < 1.29 is 18.9 Å². The minimum absolute atomic E-state index is 0.0167. The maximum Gasteiger partial charge on any atom is 0.273 e. The lowest BCUT2D eigenvalue weighted by atomic mass is 9.94. The van der Waals surface area contributed by atoms with E-state index in [1.807, 2.05) is 51.1 Å². The van der Waals surface area contributed by atoms with Crippen molar-refractivity contribution in [2.75, 3.05) is 20.2 Å². The van der Waals surface area contributed by atoms with E-state index < -0.39 is 11.0 Å². The first-order chi connectivity index (χ1) is 20.6. The van der Waals surface area contributed by atoms with Crippen LogP contribution in [0.1, 0.15) is 49.3 Å². The van der Waals surface area contributed by atoms with Gasteiger partial charge in [0.05, 0.1) is 27.8 Å². The summed E-state index contributed by atoms with van der Waals surface area (Å²) in [6.07, 6.45) is 1.63. The highest BCUT2D eigenvalue weighted by atomic mass is 32.1. The molecule has 10 nitrogen and oxygen atoms in total. The number of amides is 1. The number of hydrogen-bond donors (Lipinski definition) is 0. The molecule has 4 aromatic rings. The van der Waals surface area contributed by atoms with E-state index in [9.17, 15) is 19.7 Å². The maximum absolute atomic E-state index is 14.0. The van der Waals surface area contributed by atoms with Gasteiger partial charge in [-0.3, -0.25) is 24.3 Å². The zero-order valence-corrected chi connectivity index (χ0v) is 25.7. The number of aryl methyl sites for hydroxylation is 1. The summed E-state index contributed by atoms with van der Waals surface area (Å²) in [7, 11) is 1.56. The number of nitro benzene ring substituents is 1. The van der Waals surface area contributed by atoms with Gasteiger partial charge in [-0.1, -0.05) is 29.5 Å². The molecule has 1 aliphatic rings. The molecule has 0 unspecified atom stereocenters.